The lowest BCUT2D eigenvalue weighted by atomic mass is 9.82. The number of halogens is 2. The number of anilines is 1. The van der Waals surface area contributed by atoms with Gasteiger partial charge in [0.15, 0.2) is 5.69 Å². The Bertz CT molecular complexity index is 508. The van der Waals surface area contributed by atoms with Crippen LogP contribution in [0.2, 0.25) is 0 Å². The average Bonchev–Trinajstić information content (AvgIpc) is 2.98. The quantitative estimate of drug-likeness (QED) is 0.899. The lowest BCUT2D eigenvalue weighted by Gasteiger charge is -2.39. The van der Waals surface area contributed by atoms with Gasteiger partial charge in [0.1, 0.15) is 0 Å². The van der Waals surface area contributed by atoms with Crippen molar-refractivity contribution >= 4 is 5.69 Å². The van der Waals surface area contributed by atoms with Crippen molar-refractivity contribution in [1.29, 1.82) is 0 Å². The second-order valence-corrected chi connectivity index (χ2v) is 6.76. The smallest absolute Gasteiger partial charge is 0.284 e. The summed E-state index contributed by atoms with van der Waals surface area (Å²) >= 11 is 0. The molecule has 1 aromatic rings. The second kappa shape index (κ2) is 7.13. The Balaban J connectivity index is 1.77. The Kier molecular flexibility index (Phi) is 5.16. The van der Waals surface area contributed by atoms with Crippen molar-refractivity contribution in [3.05, 3.63) is 11.9 Å². The predicted molar refractivity (Wildman–Crippen MR) is 84.0 cm³/mol. The third kappa shape index (κ3) is 3.66. The summed E-state index contributed by atoms with van der Waals surface area (Å²) in [6.45, 7) is 2.37. The normalized spacial score (nSPS) is 22.6. The molecule has 0 atom stereocenters. The summed E-state index contributed by atoms with van der Waals surface area (Å²) in [5, 5.41) is 6.13. The number of hydrogen-bond donors (Lipinski definition) is 1. The lowest BCUT2D eigenvalue weighted by molar-refractivity contribution is -0.194. The lowest BCUT2D eigenvalue weighted by Crippen LogP contribution is -2.44. The van der Waals surface area contributed by atoms with E-state index in [1.165, 1.54) is 12.8 Å². The van der Waals surface area contributed by atoms with Gasteiger partial charge in [0, 0.05) is 19.3 Å². The molecule has 1 saturated heterocycles. The Morgan fingerprint density at radius 3 is 2.39 bits per heavy atom. The highest BCUT2D eigenvalue weighted by atomic mass is 19.3. The molecular weight excluding hydrogens is 302 g/mol. The molecule has 0 spiro atoms. The molecule has 2 fully saturated rings. The fraction of sp³-hybridized carbons (Fsp3) is 0.812. The molecule has 3 rings (SSSR count). The van der Waals surface area contributed by atoms with Crippen LogP contribution in [0.5, 0.6) is 0 Å². The van der Waals surface area contributed by atoms with Crippen molar-refractivity contribution in [2.45, 2.75) is 63.3 Å². The van der Waals surface area contributed by atoms with Crippen LogP contribution in [0.15, 0.2) is 6.20 Å². The van der Waals surface area contributed by atoms with Crippen molar-refractivity contribution in [3.63, 3.8) is 0 Å². The zero-order chi connectivity index (χ0) is 16.3. The summed E-state index contributed by atoms with van der Waals surface area (Å²) in [7, 11) is 0. The van der Waals surface area contributed by atoms with E-state index in [0.29, 0.717) is 6.61 Å². The van der Waals surface area contributed by atoms with Gasteiger partial charge in [-0.05, 0) is 25.7 Å². The van der Waals surface area contributed by atoms with Crippen LogP contribution in [-0.2, 0) is 10.4 Å². The van der Waals surface area contributed by atoms with Crippen LogP contribution in [-0.4, -0.2) is 34.5 Å². The Labute approximate surface area is 135 Å². The van der Waals surface area contributed by atoms with Gasteiger partial charge in [0.2, 0.25) is 0 Å². The zero-order valence-corrected chi connectivity index (χ0v) is 13.5. The third-order valence-electron chi connectivity index (χ3n) is 5.08. The van der Waals surface area contributed by atoms with E-state index in [4.69, 9.17) is 10.6 Å². The number of hydroxylamine groups is 2. The summed E-state index contributed by atoms with van der Waals surface area (Å²) in [5.41, 5.74) is 5.14. The average molecular weight is 328 g/mol. The van der Waals surface area contributed by atoms with Crippen LogP contribution in [0.4, 0.5) is 14.5 Å². The molecule has 0 aromatic carbocycles. The third-order valence-corrected chi connectivity index (χ3v) is 5.08. The molecule has 0 unspecified atom stereocenters. The molecule has 0 bridgehead atoms. The van der Waals surface area contributed by atoms with Gasteiger partial charge in [0.25, 0.3) is 6.43 Å². The first-order valence-corrected chi connectivity index (χ1v) is 8.62. The maximum Gasteiger partial charge on any atom is 0.284 e. The van der Waals surface area contributed by atoms with Gasteiger partial charge in [-0.15, -0.1) is 0 Å². The van der Waals surface area contributed by atoms with Crippen LogP contribution in [0, 0.1) is 0 Å². The fourth-order valence-corrected chi connectivity index (χ4v) is 3.67. The molecular formula is C16H26F2N4O. The van der Waals surface area contributed by atoms with E-state index >= 15 is 0 Å². The molecule has 23 heavy (non-hydrogen) atoms. The molecule has 1 aliphatic carbocycles. The van der Waals surface area contributed by atoms with Crippen molar-refractivity contribution in [3.8, 4) is 0 Å². The summed E-state index contributed by atoms with van der Waals surface area (Å²) in [6, 6.07) is 0. The molecule has 7 heteroatoms. The van der Waals surface area contributed by atoms with Gasteiger partial charge in [-0.1, -0.05) is 25.7 Å². The number of piperidine rings is 1. The van der Waals surface area contributed by atoms with Gasteiger partial charge in [-0.2, -0.15) is 10.2 Å². The van der Waals surface area contributed by atoms with Crippen molar-refractivity contribution < 1.29 is 13.6 Å². The van der Waals surface area contributed by atoms with Crippen molar-refractivity contribution in [1.82, 2.24) is 14.8 Å². The first kappa shape index (κ1) is 16.6. The molecule has 130 valence electrons. The topological polar surface area (TPSA) is 56.3 Å². The van der Waals surface area contributed by atoms with Crippen LogP contribution in [0.3, 0.4) is 0 Å². The van der Waals surface area contributed by atoms with Gasteiger partial charge >= 0.3 is 0 Å². The summed E-state index contributed by atoms with van der Waals surface area (Å²) < 4.78 is 27.7. The SMILES string of the molecule is Nc1cn(C2(CON3CCCCC3)CCCCC2)nc1C(F)F. The highest BCUT2D eigenvalue weighted by Gasteiger charge is 2.37. The Morgan fingerprint density at radius 1 is 1.13 bits per heavy atom. The highest BCUT2D eigenvalue weighted by molar-refractivity contribution is 5.41. The second-order valence-electron chi connectivity index (χ2n) is 6.76. The number of aromatic nitrogens is 2. The van der Waals surface area contributed by atoms with Gasteiger partial charge in [-0.3, -0.25) is 9.52 Å². The minimum absolute atomic E-state index is 0.0721. The zero-order valence-electron chi connectivity index (χ0n) is 13.5. The number of rotatable bonds is 5. The van der Waals surface area contributed by atoms with E-state index in [9.17, 15) is 8.78 Å². The van der Waals surface area contributed by atoms with Gasteiger partial charge in [-0.25, -0.2) is 8.78 Å². The largest absolute Gasteiger partial charge is 0.396 e. The number of alkyl halides is 2. The van der Waals surface area contributed by atoms with Crippen LogP contribution in [0.25, 0.3) is 0 Å². The molecule has 0 radical (unpaired) electrons. The minimum Gasteiger partial charge on any atom is -0.396 e. The summed E-state index contributed by atoms with van der Waals surface area (Å²) in [5.74, 6) is 0. The summed E-state index contributed by atoms with van der Waals surface area (Å²) in [4.78, 5) is 6.03. The van der Waals surface area contributed by atoms with Crippen LogP contribution in [0.1, 0.15) is 63.5 Å². The van der Waals surface area contributed by atoms with E-state index in [0.717, 1.165) is 51.6 Å². The number of nitrogen functional groups attached to an aromatic ring is 1. The number of nitrogens with two attached hydrogens (primary N) is 1. The molecule has 1 aromatic heterocycles. The number of hydrogen-bond acceptors (Lipinski definition) is 4. The molecule has 2 aliphatic rings. The van der Waals surface area contributed by atoms with Crippen molar-refractivity contribution in [2.24, 2.45) is 0 Å². The molecule has 0 amide bonds. The monoisotopic (exact) mass is 328 g/mol. The molecule has 5 nitrogen and oxygen atoms in total. The highest BCUT2D eigenvalue weighted by Crippen LogP contribution is 2.37. The molecule has 1 saturated carbocycles. The predicted octanol–water partition coefficient (Wildman–Crippen LogP) is 3.48. The maximum absolute atomic E-state index is 13.0. The summed E-state index contributed by atoms with van der Waals surface area (Å²) in [6.07, 6.45) is 7.55. The van der Waals surface area contributed by atoms with E-state index in [1.807, 2.05) is 5.06 Å². The van der Waals surface area contributed by atoms with Gasteiger partial charge in [0.05, 0.1) is 17.8 Å². The Morgan fingerprint density at radius 2 is 1.78 bits per heavy atom. The molecule has 1 aliphatic heterocycles. The van der Waals surface area contributed by atoms with E-state index in [-0.39, 0.29) is 16.9 Å². The van der Waals surface area contributed by atoms with Gasteiger partial charge < -0.3 is 5.73 Å². The molecule has 2 heterocycles. The fourth-order valence-electron chi connectivity index (χ4n) is 3.67. The van der Waals surface area contributed by atoms with E-state index < -0.39 is 6.43 Å². The standard InChI is InChI=1S/C16H26F2N4O/c17-15(18)14-13(19)11-22(20-14)16(7-3-1-4-8-16)12-23-21-9-5-2-6-10-21/h11,15H,1-10,12,19H2. The first-order chi connectivity index (χ1) is 11.1. The van der Waals surface area contributed by atoms with Crippen molar-refractivity contribution in [2.75, 3.05) is 25.4 Å². The van der Waals surface area contributed by atoms with E-state index in [2.05, 4.69) is 5.10 Å². The first-order valence-electron chi connectivity index (χ1n) is 8.62. The molecule has 2 N–H and O–H groups in total. The Hall–Kier alpha value is -1.21. The maximum atomic E-state index is 13.0. The van der Waals surface area contributed by atoms with Crippen LogP contribution >= 0.6 is 0 Å². The van der Waals surface area contributed by atoms with Crippen LogP contribution < -0.4 is 5.73 Å². The minimum atomic E-state index is -2.64. The number of nitrogens with zero attached hydrogens (tertiary/aromatic N) is 3. The van der Waals surface area contributed by atoms with E-state index in [1.54, 1.807) is 10.9 Å².